The van der Waals surface area contributed by atoms with Gasteiger partial charge in [-0.05, 0) is 31.7 Å². The fraction of sp³-hybridized carbons (Fsp3) is 0.455. The van der Waals surface area contributed by atoms with Crippen LogP contribution in [-0.4, -0.2) is 22.7 Å². The van der Waals surface area contributed by atoms with Crippen LogP contribution in [0.4, 0.5) is 0 Å². The van der Waals surface area contributed by atoms with Crippen LogP contribution < -0.4 is 4.74 Å². The molecule has 1 aromatic rings. The Morgan fingerprint density at radius 3 is 3.07 bits per heavy atom. The van der Waals surface area contributed by atoms with Gasteiger partial charge < -0.3 is 9.84 Å². The minimum Gasteiger partial charge on any atom is -0.482 e. The second-order valence-electron chi connectivity index (χ2n) is 3.62. The molecule has 0 radical (unpaired) electrons. The number of rotatable bonds is 3. The number of carbonyl (C=O) groups is 1. The number of nitrogens with zero attached hydrogens (tertiary/aromatic N) is 1. The average molecular weight is 207 g/mol. The van der Waals surface area contributed by atoms with Gasteiger partial charge in [0.05, 0.1) is 0 Å². The topological polar surface area (TPSA) is 59.4 Å². The molecule has 0 saturated carbocycles. The third-order valence-corrected chi connectivity index (χ3v) is 2.54. The van der Waals surface area contributed by atoms with E-state index in [1.807, 2.05) is 0 Å². The molecular formula is C11H13NO3. The van der Waals surface area contributed by atoms with Gasteiger partial charge in [-0.3, -0.25) is 4.98 Å². The van der Waals surface area contributed by atoms with Gasteiger partial charge in [-0.25, -0.2) is 4.79 Å². The minimum absolute atomic E-state index is 0.281. The number of carboxylic acids is 1. The smallest absolute Gasteiger partial charge is 0.341 e. The quantitative estimate of drug-likeness (QED) is 0.814. The summed E-state index contributed by atoms with van der Waals surface area (Å²) in [4.78, 5) is 14.7. The van der Waals surface area contributed by atoms with Crippen molar-refractivity contribution >= 4 is 5.97 Å². The number of carboxylic acid groups (broad SMARTS) is 1. The van der Waals surface area contributed by atoms with E-state index in [-0.39, 0.29) is 6.61 Å². The fourth-order valence-corrected chi connectivity index (χ4v) is 1.87. The molecule has 0 bridgehead atoms. The Labute approximate surface area is 87.9 Å². The molecule has 0 atom stereocenters. The Bertz CT molecular complexity index is 376. The van der Waals surface area contributed by atoms with Crippen molar-refractivity contribution in [2.75, 3.05) is 6.61 Å². The Morgan fingerprint density at radius 2 is 2.27 bits per heavy atom. The highest BCUT2D eigenvalue weighted by Gasteiger charge is 2.15. The number of hydrogen-bond donors (Lipinski definition) is 1. The Hall–Kier alpha value is -1.58. The van der Waals surface area contributed by atoms with Crippen LogP contribution in [0.1, 0.15) is 24.1 Å². The highest BCUT2D eigenvalue weighted by atomic mass is 16.5. The van der Waals surface area contributed by atoms with Gasteiger partial charge in [0.2, 0.25) is 0 Å². The van der Waals surface area contributed by atoms with Crippen molar-refractivity contribution in [2.24, 2.45) is 0 Å². The van der Waals surface area contributed by atoms with Crippen LogP contribution in [0.5, 0.6) is 5.75 Å². The molecule has 80 valence electrons. The maximum Gasteiger partial charge on any atom is 0.341 e. The van der Waals surface area contributed by atoms with Crippen molar-refractivity contribution in [3.8, 4) is 5.75 Å². The third kappa shape index (κ3) is 2.26. The highest BCUT2D eigenvalue weighted by Crippen LogP contribution is 2.27. The van der Waals surface area contributed by atoms with Gasteiger partial charge in [0.1, 0.15) is 5.75 Å². The van der Waals surface area contributed by atoms with Crippen molar-refractivity contribution in [1.82, 2.24) is 4.98 Å². The molecule has 4 heteroatoms. The number of pyridine rings is 1. The van der Waals surface area contributed by atoms with Gasteiger partial charge in [0.25, 0.3) is 0 Å². The predicted octanol–water partition coefficient (Wildman–Crippen LogP) is 1.42. The molecule has 1 N–H and O–H groups in total. The molecule has 15 heavy (non-hydrogen) atoms. The molecule has 0 amide bonds. The molecule has 0 aromatic carbocycles. The minimum atomic E-state index is -0.948. The molecule has 1 heterocycles. The van der Waals surface area contributed by atoms with E-state index in [1.165, 1.54) is 0 Å². The molecule has 0 saturated heterocycles. The maximum atomic E-state index is 10.4. The SMILES string of the molecule is O=C(O)COc1ccnc2c1CCCC2. The molecule has 2 rings (SSSR count). The summed E-state index contributed by atoms with van der Waals surface area (Å²) in [6.07, 6.45) is 5.88. The van der Waals surface area contributed by atoms with Gasteiger partial charge in [-0.1, -0.05) is 0 Å². The molecule has 0 unspecified atom stereocenters. The molecule has 0 fully saturated rings. The first-order valence-corrected chi connectivity index (χ1v) is 5.09. The lowest BCUT2D eigenvalue weighted by Gasteiger charge is -2.17. The molecule has 1 aromatic heterocycles. The second-order valence-corrected chi connectivity index (χ2v) is 3.62. The second kappa shape index (κ2) is 4.29. The number of hydrogen-bond acceptors (Lipinski definition) is 3. The van der Waals surface area contributed by atoms with Gasteiger partial charge in [0.15, 0.2) is 6.61 Å². The zero-order chi connectivity index (χ0) is 10.7. The molecule has 0 spiro atoms. The summed E-state index contributed by atoms with van der Waals surface area (Å²) in [7, 11) is 0. The van der Waals surface area contributed by atoms with Crippen LogP contribution in [0.15, 0.2) is 12.3 Å². The van der Waals surface area contributed by atoms with E-state index in [0.717, 1.165) is 36.9 Å². The normalized spacial score (nSPS) is 14.4. The number of aromatic nitrogens is 1. The Morgan fingerprint density at radius 1 is 1.47 bits per heavy atom. The number of ether oxygens (including phenoxy) is 1. The van der Waals surface area contributed by atoms with Gasteiger partial charge >= 0.3 is 5.97 Å². The summed E-state index contributed by atoms with van der Waals surface area (Å²) in [5.41, 5.74) is 2.15. The number of fused-ring (bicyclic) bond motifs is 1. The molecule has 4 nitrogen and oxygen atoms in total. The summed E-state index contributed by atoms with van der Waals surface area (Å²) >= 11 is 0. The molecular weight excluding hydrogens is 194 g/mol. The first-order chi connectivity index (χ1) is 7.27. The lowest BCUT2D eigenvalue weighted by Crippen LogP contribution is -2.13. The van der Waals surface area contributed by atoms with Gasteiger partial charge in [-0.2, -0.15) is 0 Å². The van der Waals surface area contributed by atoms with Gasteiger partial charge in [0, 0.05) is 17.5 Å². The number of aliphatic carboxylic acids is 1. The first kappa shape index (κ1) is 9.96. The largest absolute Gasteiger partial charge is 0.482 e. The van der Waals surface area contributed by atoms with E-state index < -0.39 is 5.97 Å². The summed E-state index contributed by atoms with van der Waals surface area (Å²) in [6.45, 7) is -0.281. The first-order valence-electron chi connectivity index (χ1n) is 5.09. The highest BCUT2D eigenvalue weighted by molar-refractivity contribution is 5.68. The summed E-state index contributed by atoms with van der Waals surface area (Å²) in [5.74, 6) is -0.265. The van der Waals surface area contributed by atoms with Crippen LogP contribution in [0.25, 0.3) is 0 Å². The van der Waals surface area contributed by atoms with Crippen LogP contribution >= 0.6 is 0 Å². The monoisotopic (exact) mass is 207 g/mol. The molecule has 0 aliphatic heterocycles. The van der Waals surface area contributed by atoms with E-state index in [2.05, 4.69) is 4.98 Å². The Kier molecular flexibility index (Phi) is 2.85. The van der Waals surface area contributed by atoms with Crippen LogP contribution in [0, 0.1) is 0 Å². The average Bonchev–Trinajstić information content (AvgIpc) is 2.26. The van der Waals surface area contributed by atoms with Crippen LogP contribution in [-0.2, 0) is 17.6 Å². The fourth-order valence-electron chi connectivity index (χ4n) is 1.87. The van der Waals surface area contributed by atoms with Crippen LogP contribution in [0.3, 0.4) is 0 Å². The Balaban J connectivity index is 2.19. The standard InChI is InChI=1S/C11H13NO3/c13-11(14)7-15-10-5-6-12-9-4-2-1-3-8(9)10/h5-6H,1-4,7H2,(H,13,14). The molecule has 1 aliphatic rings. The molecule has 1 aliphatic carbocycles. The summed E-state index contributed by atoms with van der Waals surface area (Å²) in [6, 6.07) is 1.74. The van der Waals surface area contributed by atoms with Crippen molar-refractivity contribution < 1.29 is 14.6 Å². The van der Waals surface area contributed by atoms with E-state index in [1.54, 1.807) is 12.3 Å². The van der Waals surface area contributed by atoms with Crippen molar-refractivity contribution in [1.29, 1.82) is 0 Å². The number of aryl methyl sites for hydroxylation is 1. The van der Waals surface area contributed by atoms with Crippen LogP contribution in [0.2, 0.25) is 0 Å². The van der Waals surface area contributed by atoms with Crippen molar-refractivity contribution in [3.05, 3.63) is 23.5 Å². The predicted molar refractivity (Wildman–Crippen MR) is 54.0 cm³/mol. The van der Waals surface area contributed by atoms with E-state index >= 15 is 0 Å². The van der Waals surface area contributed by atoms with E-state index in [9.17, 15) is 4.79 Å². The van der Waals surface area contributed by atoms with Crippen molar-refractivity contribution in [2.45, 2.75) is 25.7 Å². The van der Waals surface area contributed by atoms with E-state index in [4.69, 9.17) is 9.84 Å². The lowest BCUT2D eigenvalue weighted by molar-refractivity contribution is -0.139. The zero-order valence-electron chi connectivity index (χ0n) is 8.40. The lowest BCUT2D eigenvalue weighted by atomic mass is 9.95. The zero-order valence-corrected chi connectivity index (χ0v) is 8.40. The maximum absolute atomic E-state index is 10.4. The van der Waals surface area contributed by atoms with Crippen molar-refractivity contribution in [3.63, 3.8) is 0 Å². The van der Waals surface area contributed by atoms with Gasteiger partial charge in [-0.15, -0.1) is 0 Å². The third-order valence-electron chi connectivity index (χ3n) is 2.54. The summed E-state index contributed by atoms with van der Waals surface area (Å²) < 4.78 is 5.23. The summed E-state index contributed by atoms with van der Waals surface area (Å²) in [5, 5.41) is 8.54. The van der Waals surface area contributed by atoms with E-state index in [0.29, 0.717) is 5.75 Å².